The second kappa shape index (κ2) is 7.50. The molecule has 79 valence electrons. The first-order chi connectivity index (χ1) is 6.24. The van der Waals surface area contributed by atoms with Gasteiger partial charge in [0.1, 0.15) is 0 Å². The van der Waals surface area contributed by atoms with E-state index in [2.05, 4.69) is 6.92 Å². The van der Waals surface area contributed by atoms with Gasteiger partial charge in [0.2, 0.25) is 0 Å². The smallest absolute Gasteiger partial charge is 0.374 e. The zero-order valence-electron chi connectivity index (χ0n) is 9.13. The third kappa shape index (κ3) is 4.76. The van der Waals surface area contributed by atoms with Crippen LogP contribution in [-0.2, 0) is 13.3 Å². The summed E-state index contributed by atoms with van der Waals surface area (Å²) in [7, 11) is -2.42. The maximum absolute atomic E-state index is 5.59. The molecule has 0 saturated heterocycles. The highest BCUT2D eigenvalue weighted by molar-refractivity contribution is 6.64. The highest BCUT2D eigenvalue weighted by atomic mass is 28.4. The first kappa shape index (κ1) is 13.1. The lowest BCUT2D eigenvalue weighted by Gasteiger charge is -2.27. The lowest BCUT2D eigenvalue weighted by Crippen LogP contribution is -2.46. The van der Waals surface area contributed by atoms with Crippen LogP contribution < -0.4 is 0 Å². The van der Waals surface area contributed by atoms with Gasteiger partial charge in [-0.25, -0.2) is 0 Å². The van der Waals surface area contributed by atoms with E-state index in [1.165, 1.54) is 0 Å². The van der Waals surface area contributed by atoms with Crippen LogP contribution in [0.4, 0.5) is 0 Å². The van der Waals surface area contributed by atoms with Crippen LogP contribution in [0.5, 0.6) is 0 Å². The first-order valence-corrected chi connectivity index (χ1v) is 6.81. The van der Waals surface area contributed by atoms with Crippen LogP contribution in [0.1, 0.15) is 34.1 Å². The number of hydrogen-bond acceptors (Lipinski definition) is 3. The number of hydrogen-bond donors (Lipinski definition) is 0. The van der Waals surface area contributed by atoms with E-state index in [0.29, 0.717) is 19.8 Å². The Morgan fingerprint density at radius 2 is 1.23 bits per heavy atom. The molecule has 3 nitrogen and oxygen atoms in total. The molecule has 13 heavy (non-hydrogen) atoms. The summed E-state index contributed by atoms with van der Waals surface area (Å²) >= 11 is 0. The molecule has 4 heteroatoms. The third-order valence-corrected chi connectivity index (χ3v) is 4.47. The molecule has 0 fully saturated rings. The van der Waals surface area contributed by atoms with E-state index in [-0.39, 0.29) is 0 Å². The van der Waals surface area contributed by atoms with E-state index in [9.17, 15) is 0 Å². The van der Waals surface area contributed by atoms with Gasteiger partial charge in [-0.1, -0.05) is 6.92 Å². The van der Waals surface area contributed by atoms with Crippen LogP contribution in [0.2, 0.25) is 0 Å². The Morgan fingerprint density at radius 1 is 0.846 bits per heavy atom. The molecule has 0 heterocycles. The summed E-state index contributed by atoms with van der Waals surface area (Å²) in [6, 6.07) is 2.05. The molecule has 0 N–H and O–H groups in total. The fourth-order valence-electron chi connectivity index (χ4n) is 1.16. The maximum atomic E-state index is 5.59. The molecule has 0 unspecified atom stereocenters. The Labute approximate surface area is 82.8 Å². The molecule has 0 rings (SSSR count). The molecular weight excluding hydrogens is 184 g/mol. The van der Waals surface area contributed by atoms with Crippen molar-refractivity contribution in [2.24, 2.45) is 0 Å². The van der Waals surface area contributed by atoms with Gasteiger partial charge in [-0.2, -0.15) is 0 Å². The average Bonchev–Trinajstić information content (AvgIpc) is 2.06. The summed E-state index contributed by atoms with van der Waals surface area (Å²) in [5.41, 5.74) is 0. The monoisotopic (exact) mass is 205 g/mol. The molecule has 0 amide bonds. The van der Waals surface area contributed by atoms with Crippen LogP contribution in [0.15, 0.2) is 0 Å². The van der Waals surface area contributed by atoms with E-state index >= 15 is 0 Å². The Balaban J connectivity index is 4.19. The highest BCUT2D eigenvalue weighted by Crippen LogP contribution is 2.15. The minimum absolute atomic E-state index is 0.642. The van der Waals surface area contributed by atoms with Gasteiger partial charge in [0.15, 0.2) is 0 Å². The van der Waals surface area contributed by atoms with Crippen molar-refractivity contribution < 1.29 is 13.3 Å². The molecule has 1 radical (unpaired) electrons. The summed E-state index contributed by atoms with van der Waals surface area (Å²) in [6.07, 6.45) is 0.923. The van der Waals surface area contributed by atoms with Gasteiger partial charge < -0.3 is 13.3 Å². The van der Waals surface area contributed by atoms with Crippen molar-refractivity contribution in [2.45, 2.75) is 34.1 Å². The third-order valence-electron chi connectivity index (χ3n) is 1.49. The van der Waals surface area contributed by atoms with Gasteiger partial charge in [-0.15, -0.1) is 0 Å². The highest BCUT2D eigenvalue weighted by Gasteiger charge is 2.39. The van der Waals surface area contributed by atoms with E-state index in [1.807, 2.05) is 26.8 Å². The minimum Gasteiger partial charge on any atom is -0.374 e. The molecule has 0 aliphatic heterocycles. The van der Waals surface area contributed by atoms with E-state index in [1.54, 1.807) is 0 Å². The van der Waals surface area contributed by atoms with Gasteiger partial charge in [-0.05, 0) is 27.2 Å². The van der Waals surface area contributed by atoms with Crippen LogP contribution >= 0.6 is 0 Å². The first-order valence-electron chi connectivity index (χ1n) is 5.00. The van der Waals surface area contributed by atoms with Crippen molar-refractivity contribution >= 4 is 8.80 Å². The summed E-state index contributed by atoms with van der Waals surface area (Å²) in [6.45, 7) is 9.88. The van der Waals surface area contributed by atoms with Gasteiger partial charge in [0, 0.05) is 25.9 Å². The SMILES string of the molecule is CC[CH][Si](OCC)(OCC)OCC. The molecular formula is C9H21O3Si. The molecule has 0 aromatic carbocycles. The molecule has 0 aliphatic rings. The fourth-order valence-corrected chi connectivity index (χ4v) is 3.47. The zero-order chi connectivity index (χ0) is 10.2. The molecule has 0 aliphatic carbocycles. The van der Waals surface area contributed by atoms with Crippen molar-refractivity contribution in [2.75, 3.05) is 19.8 Å². The summed E-state index contributed by atoms with van der Waals surface area (Å²) < 4.78 is 16.8. The lowest BCUT2D eigenvalue weighted by molar-refractivity contribution is 0.0788. The topological polar surface area (TPSA) is 27.7 Å². The van der Waals surface area contributed by atoms with Crippen molar-refractivity contribution in [3.63, 3.8) is 0 Å². The van der Waals surface area contributed by atoms with Gasteiger partial charge in [0.05, 0.1) is 0 Å². The van der Waals surface area contributed by atoms with Crippen LogP contribution in [-0.4, -0.2) is 28.6 Å². The molecule has 0 saturated carbocycles. The van der Waals surface area contributed by atoms with Gasteiger partial charge >= 0.3 is 8.80 Å². The quantitative estimate of drug-likeness (QED) is 0.569. The van der Waals surface area contributed by atoms with Crippen molar-refractivity contribution in [1.29, 1.82) is 0 Å². The van der Waals surface area contributed by atoms with Gasteiger partial charge in [0.25, 0.3) is 0 Å². The van der Waals surface area contributed by atoms with Gasteiger partial charge in [-0.3, -0.25) is 0 Å². The molecule has 0 atom stereocenters. The zero-order valence-corrected chi connectivity index (χ0v) is 10.1. The minimum atomic E-state index is -2.42. The lowest BCUT2D eigenvalue weighted by atomic mass is 10.6. The molecule has 0 spiro atoms. The Bertz CT molecular complexity index is 89.9. The Kier molecular flexibility index (Phi) is 7.55. The molecule has 0 aromatic heterocycles. The van der Waals surface area contributed by atoms with E-state index < -0.39 is 8.80 Å². The maximum Gasteiger partial charge on any atom is 0.504 e. The average molecular weight is 205 g/mol. The normalized spacial score (nSPS) is 12.0. The van der Waals surface area contributed by atoms with Crippen LogP contribution in [0, 0.1) is 6.04 Å². The van der Waals surface area contributed by atoms with Crippen molar-refractivity contribution in [3.8, 4) is 0 Å². The predicted octanol–water partition coefficient (Wildman–Crippen LogP) is 2.19. The predicted molar refractivity (Wildman–Crippen MR) is 55.2 cm³/mol. The summed E-state index contributed by atoms with van der Waals surface area (Å²) in [5.74, 6) is 0. The standard InChI is InChI=1S/C9H21O3Si/c1-5-9-13(10-6-2,11-7-3)12-8-4/h9H,5-8H2,1-4H3. The fraction of sp³-hybridized carbons (Fsp3) is 0.889. The number of rotatable bonds is 8. The van der Waals surface area contributed by atoms with E-state index in [0.717, 1.165) is 6.42 Å². The van der Waals surface area contributed by atoms with E-state index in [4.69, 9.17) is 13.3 Å². The Morgan fingerprint density at radius 3 is 1.46 bits per heavy atom. The van der Waals surface area contributed by atoms with Crippen LogP contribution in [0.3, 0.4) is 0 Å². The summed E-state index contributed by atoms with van der Waals surface area (Å²) in [5, 5.41) is 0. The van der Waals surface area contributed by atoms with Crippen molar-refractivity contribution in [3.05, 3.63) is 6.04 Å². The second-order valence-electron chi connectivity index (χ2n) is 2.51. The molecule has 0 bridgehead atoms. The molecule has 0 aromatic rings. The van der Waals surface area contributed by atoms with Crippen LogP contribution in [0.25, 0.3) is 0 Å². The Hall–Kier alpha value is 0.0969. The second-order valence-corrected chi connectivity index (χ2v) is 5.00. The summed E-state index contributed by atoms with van der Waals surface area (Å²) in [4.78, 5) is 0. The van der Waals surface area contributed by atoms with Crippen molar-refractivity contribution in [1.82, 2.24) is 0 Å². The largest absolute Gasteiger partial charge is 0.504 e.